The molecule has 0 radical (unpaired) electrons. The lowest BCUT2D eigenvalue weighted by molar-refractivity contribution is -0.127. The van der Waals surface area contributed by atoms with Crippen molar-refractivity contribution in [3.8, 4) is 0 Å². The zero-order chi connectivity index (χ0) is 12.0. The fourth-order valence-corrected chi connectivity index (χ4v) is 2.21. The van der Waals surface area contributed by atoms with Crippen LogP contribution in [-0.4, -0.2) is 36.9 Å². The van der Waals surface area contributed by atoms with Crippen molar-refractivity contribution in [3.63, 3.8) is 0 Å². The molecule has 0 heterocycles. The Balaban J connectivity index is 2.33. The first-order valence-electron chi connectivity index (χ1n) is 6.10. The molecule has 1 aliphatic carbocycles. The minimum absolute atomic E-state index is 0.0694. The molecule has 0 aromatic rings. The summed E-state index contributed by atoms with van der Waals surface area (Å²) in [6, 6.07) is 0.0928. The van der Waals surface area contributed by atoms with E-state index in [9.17, 15) is 9.90 Å². The van der Waals surface area contributed by atoms with E-state index in [-0.39, 0.29) is 30.6 Å². The lowest BCUT2D eigenvalue weighted by Gasteiger charge is -2.30. The Labute approximate surface area is 97.4 Å². The molecule has 0 aromatic heterocycles. The molecule has 0 saturated heterocycles. The molecular formula is C12H23NO3. The summed E-state index contributed by atoms with van der Waals surface area (Å²) in [6.07, 6.45) is 3.92. The highest BCUT2D eigenvalue weighted by Crippen LogP contribution is 2.37. The highest BCUT2D eigenvalue weighted by molar-refractivity contribution is 5.77. The molecule has 0 bridgehead atoms. The van der Waals surface area contributed by atoms with Crippen LogP contribution in [0.15, 0.2) is 0 Å². The Morgan fingerprint density at radius 2 is 2.38 bits per heavy atom. The van der Waals surface area contributed by atoms with Gasteiger partial charge in [0, 0.05) is 18.1 Å². The van der Waals surface area contributed by atoms with Crippen LogP contribution < -0.4 is 5.32 Å². The smallest absolute Gasteiger partial charge is 0.246 e. The molecule has 2 atom stereocenters. The van der Waals surface area contributed by atoms with Gasteiger partial charge in [-0.2, -0.15) is 0 Å². The van der Waals surface area contributed by atoms with Gasteiger partial charge in [0.1, 0.15) is 6.61 Å². The lowest BCUT2D eigenvalue weighted by Crippen LogP contribution is -2.46. The van der Waals surface area contributed by atoms with Gasteiger partial charge >= 0.3 is 0 Å². The molecule has 0 aromatic carbocycles. The summed E-state index contributed by atoms with van der Waals surface area (Å²) in [5, 5.41) is 12.3. The second-order valence-corrected chi connectivity index (χ2v) is 4.88. The molecular weight excluding hydrogens is 206 g/mol. The third kappa shape index (κ3) is 3.46. The van der Waals surface area contributed by atoms with E-state index in [2.05, 4.69) is 5.32 Å². The van der Waals surface area contributed by atoms with Gasteiger partial charge in [0.2, 0.25) is 5.91 Å². The highest BCUT2D eigenvalue weighted by atomic mass is 16.5. The summed E-state index contributed by atoms with van der Waals surface area (Å²) in [4.78, 5) is 11.6. The van der Waals surface area contributed by atoms with Gasteiger partial charge in [-0.3, -0.25) is 4.79 Å². The first-order chi connectivity index (χ1) is 7.62. The predicted octanol–water partition coefficient (Wildman–Crippen LogP) is 1.08. The minimum Gasteiger partial charge on any atom is -0.396 e. The quantitative estimate of drug-likeness (QED) is 0.670. The third-order valence-corrected chi connectivity index (χ3v) is 3.36. The Hall–Kier alpha value is -0.610. The monoisotopic (exact) mass is 229 g/mol. The first kappa shape index (κ1) is 13.5. The molecule has 1 aliphatic rings. The van der Waals surface area contributed by atoms with E-state index >= 15 is 0 Å². The van der Waals surface area contributed by atoms with Gasteiger partial charge < -0.3 is 15.2 Å². The van der Waals surface area contributed by atoms with Crippen molar-refractivity contribution in [1.29, 1.82) is 0 Å². The summed E-state index contributed by atoms with van der Waals surface area (Å²) in [7, 11) is 0. The van der Waals surface area contributed by atoms with Crippen LogP contribution in [0.1, 0.15) is 39.5 Å². The normalized spacial score (nSPS) is 29.3. The van der Waals surface area contributed by atoms with Gasteiger partial charge in [-0.25, -0.2) is 0 Å². The number of hydrogen-bond donors (Lipinski definition) is 2. The molecule has 16 heavy (non-hydrogen) atoms. The Morgan fingerprint density at radius 1 is 1.62 bits per heavy atom. The molecule has 4 nitrogen and oxygen atoms in total. The van der Waals surface area contributed by atoms with E-state index in [1.54, 1.807) is 0 Å². The molecule has 0 spiro atoms. The number of hydrogen-bond acceptors (Lipinski definition) is 3. The van der Waals surface area contributed by atoms with Crippen molar-refractivity contribution < 1.29 is 14.6 Å². The van der Waals surface area contributed by atoms with Crippen LogP contribution in [0.4, 0.5) is 0 Å². The molecule has 94 valence electrons. The van der Waals surface area contributed by atoms with Gasteiger partial charge in [-0.05, 0) is 19.3 Å². The molecule has 1 amide bonds. The maximum atomic E-state index is 11.6. The van der Waals surface area contributed by atoms with Crippen molar-refractivity contribution in [2.24, 2.45) is 5.41 Å². The van der Waals surface area contributed by atoms with E-state index < -0.39 is 0 Å². The molecule has 1 fully saturated rings. The minimum atomic E-state index is -0.152. The highest BCUT2D eigenvalue weighted by Gasteiger charge is 2.38. The fourth-order valence-electron chi connectivity index (χ4n) is 2.21. The van der Waals surface area contributed by atoms with Crippen molar-refractivity contribution >= 4 is 5.91 Å². The van der Waals surface area contributed by atoms with Crippen LogP contribution in [-0.2, 0) is 9.53 Å². The van der Waals surface area contributed by atoms with Gasteiger partial charge in [0.15, 0.2) is 0 Å². The number of ether oxygens (including phenoxy) is 1. The van der Waals surface area contributed by atoms with Crippen LogP contribution in [0.25, 0.3) is 0 Å². The third-order valence-electron chi connectivity index (χ3n) is 3.36. The molecule has 1 rings (SSSR count). The van der Waals surface area contributed by atoms with Crippen LogP contribution >= 0.6 is 0 Å². The van der Waals surface area contributed by atoms with E-state index in [0.29, 0.717) is 6.61 Å². The van der Waals surface area contributed by atoms with Gasteiger partial charge in [0.05, 0.1) is 6.61 Å². The lowest BCUT2D eigenvalue weighted by atomic mass is 9.86. The summed E-state index contributed by atoms with van der Waals surface area (Å²) in [6.45, 7) is 4.92. The van der Waals surface area contributed by atoms with Crippen LogP contribution in [0.2, 0.25) is 0 Å². The van der Waals surface area contributed by atoms with Crippen molar-refractivity contribution in [1.82, 2.24) is 5.32 Å². The summed E-state index contributed by atoms with van der Waals surface area (Å²) in [5.74, 6) is -0.0694. The largest absolute Gasteiger partial charge is 0.396 e. The van der Waals surface area contributed by atoms with Crippen molar-refractivity contribution in [2.75, 3.05) is 19.8 Å². The van der Waals surface area contributed by atoms with E-state index in [4.69, 9.17) is 4.74 Å². The molecule has 4 heteroatoms. The number of aliphatic hydroxyl groups excluding tert-OH is 1. The Kier molecular flexibility index (Phi) is 5.22. The van der Waals surface area contributed by atoms with Crippen molar-refractivity contribution in [3.05, 3.63) is 0 Å². The van der Waals surface area contributed by atoms with Crippen LogP contribution in [0.5, 0.6) is 0 Å². The zero-order valence-electron chi connectivity index (χ0n) is 10.3. The van der Waals surface area contributed by atoms with E-state index in [1.807, 2.05) is 13.8 Å². The van der Waals surface area contributed by atoms with E-state index in [1.165, 1.54) is 0 Å². The van der Waals surface area contributed by atoms with Crippen LogP contribution in [0.3, 0.4) is 0 Å². The average Bonchev–Trinajstić information content (AvgIpc) is 2.62. The number of carbonyl (C=O) groups excluding carboxylic acids is 1. The molecule has 1 saturated carbocycles. The predicted molar refractivity (Wildman–Crippen MR) is 62.1 cm³/mol. The van der Waals surface area contributed by atoms with Gasteiger partial charge in [0.25, 0.3) is 0 Å². The second kappa shape index (κ2) is 6.21. The standard InChI is InChI=1S/C12H23NO3/c1-3-7-16-8-11(15)13-10-5-4-6-12(10,2)9-14/h10,14H,3-9H2,1-2H3,(H,13,15). The summed E-state index contributed by atoms with van der Waals surface area (Å²) < 4.78 is 5.18. The second-order valence-electron chi connectivity index (χ2n) is 4.88. The molecule has 0 aliphatic heterocycles. The van der Waals surface area contributed by atoms with Crippen LogP contribution in [0, 0.1) is 5.41 Å². The average molecular weight is 229 g/mol. The van der Waals surface area contributed by atoms with Crippen molar-refractivity contribution in [2.45, 2.75) is 45.6 Å². The number of amides is 1. The van der Waals surface area contributed by atoms with Gasteiger partial charge in [-0.1, -0.05) is 20.3 Å². The molecule has 2 N–H and O–H groups in total. The topological polar surface area (TPSA) is 58.6 Å². The zero-order valence-corrected chi connectivity index (χ0v) is 10.3. The fraction of sp³-hybridized carbons (Fsp3) is 0.917. The van der Waals surface area contributed by atoms with E-state index in [0.717, 1.165) is 25.7 Å². The number of carbonyl (C=O) groups is 1. The first-order valence-corrected chi connectivity index (χ1v) is 6.10. The van der Waals surface area contributed by atoms with Gasteiger partial charge in [-0.15, -0.1) is 0 Å². The maximum Gasteiger partial charge on any atom is 0.246 e. The maximum absolute atomic E-state index is 11.6. The summed E-state index contributed by atoms with van der Waals surface area (Å²) in [5.41, 5.74) is -0.152. The number of rotatable bonds is 6. The summed E-state index contributed by atoms with van der Waals surface area (Å²) >= 11 is 0. The Morgan fingerprint density at radius 3 is 3.00 bits per heavy atom. The number of aliphatic hydroxyl groups is 1. The number of nitrogens with one attached hydrogen (secondary N) is 1. The molecule has 2 unspecified atom stereocenters. The Bertz CT molecular complexity index is 232. The SMILES string of the molecule is CCCOCC(=O)NC1CCCC1(C)CO.